The van der Waals surface area contributed by atoms with Gasteiger partial charge in [0.1, 0.15) is 11.4 Å². The molecule has 4 nitrogen and oxygen atoms in total. The summed E-state index contributed by atoms with van der Waals surface area (Å²) in [7, 11) is 3.25. The lowest BCUT2D eigenvalue weighted by atomic mass is 9.97. The summed E-state index contributed by atoms with van der Waals surface area (Å²) in [4.78, 5) is 13.4. The lowest BCUT2D eigenvalue weighted by molar-refractivity contribution is -0.146. The van der Waals surface area contributed by atoms with Crippen LogP contribution in [-0.4, -0.2) is 32.2 Å². The van der Waals surface area contributed by atoms with Crippen LogP contribution in [0.5, 0.6) is 0 Å². The zero-order chi connectivity index (χ0) is 14.5. The smallest absolute Gasteiger partial charge is 0.325 e. The van der Waals surface area contributed by atoms with Crippen molar-refractivity contribution in [2.24, 2.45) is 5.73 Å². The maximum Gasteiger partial charge on any atom is 0.325 e. The Balaban J connectivity index is 2.45. The van der Waals surface area contributed by atoms with E-state index in [1.54, 1.807) is 19.1 Å². The molecule has 0 saturated heterocycles. The van der Waals surface area contributed by atoms with Crippen molar-refractivity contribution in [2.75, 3.05) is 25.6 Å². The molecule has 5 heteroatoms. The molecule has 0 spiro atoms. The van der Waals surface area contributed by atoms with E-state index < -0.39 is 11.5 Å². The minimum absolute atomic E-state index is 0.252. The fraction of sp³-hybridized carbons (Fsp3) is 0.500. The van der Waals surface area contributed by atoms with E-state index in [-0.39, 0.29) is 5.82 Å². The fourth-order valence-corrected chi connectivity index (χ4v) is 1.84. The van der Waals surface area contributed by atoms with Crippen molar-refractivity contribution in [1.29, 1.82) is 0 Å². The second kappa shape index (κ2) is 6.52. The van der Waals surface area contributed by atoms with Gasteiger partial charge in [0, 0.05) is 19.3 Å². The number of hydrogen-bond donors (Lipinski definition) is 1. The van der Waals surface area contributed by atoms with Crippen molar-refractivity contribution < 1.29 is 13.9 Å². The number of ether oxygens (including phenoxy) is 1. The van der Waals surface area contributed by atoms with Crippen LogP contribution in [0, 0.1) is 5.82 Å². The maximum absolute atomic E-state index is 12.8. The Morgan fingerprint density at radius 1 is 1.42 bits per heavy atom. The van der Waals surface area contributed by atoms with E-state index in [2.05, 4.69) is 4.74 Å². The molecule has 0 aromatic heterocycles. The van der Waals surface area contributed by atoms with E-state index in [1.807, 2.05) is 11.9 Å². The predicted molar refractivity (Wildman–Crippen MR) is 73.5 cm³/mol. The van der Waals surface area contributed by atoms with Crippen molar-refractivity contribution in [3.63, 3.8) is 0 Å². The van der Waals surface area contributed by atoms with Crippen LogP contribution < -0.4 is 10.6 Å². The number of anilines is 1. The van der Waals surface area contributed by atoms with Gasteiger partial charge in [0.15, 0.2) is 0 Å². The average molecular weight is 268 g/mol. The molecule has 0 fully saturated rings. The summed E-state index contributed by atoms with van der Waals surface area (Å²) in [5.41, 5.74) is 5.84. The van der Waals surface area contributed by atoms with Crippen LogP contribution in [0.25, 0.3) is 0 Å². The molecule has 1 unspecified atom stereocenters. The van der Waals surface area contributed by atoms with E-state index in [0.29, 0.717) is 6.42 Å². The minimum Gasteiger partial charge on any atom is -0.468 e. The number of esters is 1. The number of carbonyl (C=O) groups excluding carboxylic acids is 1. The van der Waals surface area contributed by atoms with Gasteiger partial charge >= 0.3 is 5.97 Å². The van der Waals surface area contributed by atoms with Gasteiger partial charge in [-0.2, -0.15) is 0 Å². The van der Waals surface area contributed by atoms with Gasteiger partial charge in [0.2, 0.25) is 0 Å². The number of methoxy groups -OCH3 is 1. The van der Waals surface area contributed by atoms with Crippen molar-refractivity contribution in [1.82, 2.24) is 0 Å². The van der Waals surface area contributed by atoms with E-state index >= 15 is 0 Å². The second-order valence-electron chi connectivity index (χ2n) is 4.91. The van der Waals surface area contributed by atoms with Crippen LogP contribution in [0.1, 0.15) is 19.8 Å². The van der Waals surface area contributed by atoms with Gasteiger partial charge in [-0.1, -0.05) is 0 Å². The number of halogens is 1. The van der Waals surface area contributed by atoms with Crippen LogP contribution in [0.15, 0.2) is 24.3 Å². The molecule has 2 N–H and O–H groups in total. The zero-order valence-corrected chi connectivity index (χ0v) is 11.6. The zero-order valence-electron chi connectivity index (χ0n) is 11.6. The Hall–Kier alpha value is -1.62. The molecule has 0 aliphatic rings. The summed E-state index contributed by atoms with van der Waals surface area (Å²) < 4.78 is 17.5. The lowest BCUT2D eigenvalue weighted by Crippen LogP contribution is -2.46. The van der Waals surface area contributed by atoms with Crippen molar-refractivity contribution in [3.05, 3.63) is 30.1 Å². The molecule has 19 heavy (non-hydrogen) atoms. The molecule has 0 radical (unpaired) electrons. The normalized spacial score (nSPS) is 13.7. The summed E-state index contributed by atoms with van der Waals surface area (Å²) in [6, 6.07) is 6.29. The molecule has 0 amide bonds. The molecule has 1 aromatic rings. The number of hydrogen-bond acceptors (Lipinski definition) is 4. The number of nitrogens with zero attached hydrogens (tertiary/aromatic N) is 1. The van der Waals surface area contributed by atoms with Crippen LogP contribution in [0.4, 0.5) is 10.1 Å². The van der Waals surface area contributed by atoms with Crippen molar-refractivity contribution in [2.45, 2.75) is 25.3 Å². The molecule has 0 aliphatic heterocycles. The number of benzene rings is 1. The van der Waals surface area contributed by atoms with Crippen molar-refractivity contribution >= 4 is 11.7 Å². The first-order valence-electron chi connectivity index (χ1n) is 6.21. The van der Waals surface area contributed by atoms with Gasteiger partial charge in [0.25, 0.3) is 0 Å². The molecular formula is C14H21FN2O2. The summed E-state index contributed by atoms with van der Waals surface area (Å²) in [5, 5.41) is 0. The molecule has 1 aromatic carbocycles. The molecule has 1 atom stereocenters. The topological polar surface area (TPSA) is 55.6 Å². The van der Waals surface area contributed by atoms with Gasteiger partial charge in [-0.05, 0) is 44.0 Å². The Morgan fingerprint density at radius 2 is 2.00 bits per heavy atom. The molecule has 106 valence electrons. The molecule has 0 aliphatic carbocycles. The number of carbonyl (C=O) groups is 1. The van der Waals surface area contributed by atoms with Crippen molar-refractivity contribution in [3.8, 4) is 0 Å². The van der Waals surface area contributed by atoms with Gasteiger partial charge < -0.3 is 15.4 Å². The lowest BCUT2D eigenvalue weighted by Gasteiger charge is -2.24. The maximum atomic E-state index is 12.8. The SMILES string of the molecule is COC(=O)C(C)(N)CCCN(C)c1ccc(F)cc1. The van der Waals surface area contributed by atoms with E-state index in [1.165, 1.54) is 19.2 Å². The third-order valence-corrected chi connectivity index (χ3v) is 3.11. The first-order chi connectivity index (χ1) is 8.86. The molecule has 0 heterocycles. The Kier molecular flexibility index (Phi) is 5.30. The van der Waals surface area contributed by atoms with E-state index in [4.69, 9.17) is 5.73 Å². The van der Waals surface area contributed by atoms with Gasteiger partial charge in [-0.25, -0.2) is 4.39 Å². The molecule has 0 saturated carbocycles. The monoisotopic (exact) mass is 268 g/mol. The second-order valence-corrected chi connectivity index (χ2v) is 4.91. The van der Waals surface area contributed by atoms with Gasteiger partial charge in [0.05, 0.1) is 7.11 Å². The fourth-order valence-electron chi connectivity index (χ4n) is 1.84. The average Bonchev–Trinajstić information content (AvgIpc) is 2.38. The Bertz CT molecular complexity index is 418. The summed E-state index contributed by atoms with van der Waals surface area (Å²) in [6.45, 7) is 2.39. The van der Waals surface area contributed by atoms with Gasteiger partial charge in [-0.15, -0.1) is 0 Å². The first-order valence-corrected chi connectivity index (χ1v) is 6.21. The predicted octanol–water partition coefficient (Wildman–Crippen LogP) is 1.93. The summed E-state index contributed by atoms with van der Waals surface area (Å²) in [5.74, 6) is -0.658. The largest absolute Gasteiger partial charge is 0.468 e. The highest BCUT2D eigenvalue weighted by Crippen LogP contribution is 2.16. The van der Waals surface area contributed by atoms with Crippen LogP contribution in [0.2, 0.25) is 0 Å². The van der Waals surface area contributed by atoms with Gasteiger partial charge in [-0.3, -0.25) is 4.79 Å². The number of rotatable bonds is 6. The highest BCUT2D eigenvalue weighted by Gasteiger charge is 2.28. The van der Waals surface area contributed by atoms with Crippen LogP contribution in [-0.2, 0) is 9.53 Å². The molecular weight excluding hydrogens is 247 g/mol. The van der Waals surface area contributed by atoms with E-state index in [0.717, 1.165) is 18.7 Å². The minimum atomic E-state index is -0.960. The molecule has 1 rings (SSSR count). The van der Waals surface area contributed by atoms with Crippen LogP contribution >= 0.6 is 0 Å². The Labute approximate surface area is 113 Å². The highest BCUT2D eigenvalue weighted by atomic mass is 19.1. The Morgan fingerprint density at radius 3 is 2.53 bits per heavy atom. The number of nitrogens with two attached hydrogens (primary N) is 1. The third-order valence-electron chi connectivity index (χ3n) is 3.11. The third kappa shape index (κ3) is 4.52. The summed E-state index contributed by atoms with van der Waals surface area (Å²) in [6.07, 6.45) is 1.28. The molecule has 0 bridgehead atoms. The highest BCUT2D eigenvalue weighted by molar-refractivity contribution is 5.79. The summed E-state index contributed by atoms with van der Waals surface area (Å²) >= 11 is 0. The van der Waals surface area contributed by atoms with E-state index in [9.17, 15) is 9.18 Å². The first kappa shape index (κ1) is 15.4. The van der Waals surface area contributed by atoms with Crippen LogP contribution in [0.3, 0.4) is 0 Å². The quantitative estimate of drug-likeness (QED) is 0.801. The standard InChI is InChI=1S/C14H21FN2O2/c1-14(16,13(18)19-3)9-4-10-17(2)12-7-5-11(15)6-8-12/h5-8H,4,9-10,16H2,1-3H3.